The maximum absolute atomic E-state index is 12.9. The smallest absolute Gasteiger partial charge is 0.306 e. The monoisotopic (exact) mass is 1020 g/mol. The summed E-state index contributed by atoms with van der Waals surface area (Å²) in [5.41, 5.74) is 0. The average molecular weight is 1020 g/mol. The van der Waals surface area contributed by atoms with Crippen LogP contribution in [0.2, 0.25) is 0 Å². The molecule has 6 heteroatoms. The second kappa shape index (κ2) is 61.4. The first-order valence-electron chi connectivity index (χ1n) is 31.4. The largest absolute Gasteiger partial charge is 0.462 e. The highest BCUT2D eigenvalue weighted by molar-refractivity contribution is 5.71. The highest BCUT2D eigenvalue weighted by Gasteiger charge is 2.19. The highest BCUT2D eigenvalue weighted by atomic mass is 16.6. The Labute approximate surface area is 453 Å². The molecule has 0 aromatic carbocycles. The van der Waals surface area contributed by atoms with E-state index >= 15 is 0 Å². The van der Waals surface area contributed by atoms with Crippen molar-refractivity contribution in [1.29, 1.82) is 0 Å². The van der Waals surface area contributed by atoms with E-state index in [0.717, 1.165) is 77.0 Å². The Hall–Kier alpha value is -3.15. The van der Waals surface area contributed by atoms with E-state index in [1.165, 1.54) is 193 Å². The minimum Gasteiger partial charge on any atom is -0.462 e. The number of ether oxygens (including phenoxy) is 3. The lowest BCUT2D eigenvalue weighted by molar-refractivity contribution is -0.166. The van der Waals surface area contributed by atoms with Crippen LogP contribution in [0.3, 0.4) is 0 Å². The summed E-state index contributed by atoms with van der Waals surface area (Å²) in [6, 6.07) is 0. The van der Waals surface area contributed by atoms with Crippen molar-refractivity contribution in [1.82, 2.24) is 0 Å². The Morgan fingerprint density at radius 3 is 0.836 bits per heavy atom. The molecule has 0 radical (unpaired) electrons. The molecule has 0 aromatic heterocycles. The normalized spacial score (nSPS) is 12.5. The van der Waals surface area contributed by atoms with Gasteiger partial charge < -0.3 is 14.2 Å². The van der Waals surface area contributed by atoms with Crippen LogP contribution in [0.1, 0.15) is 316 Å². The topological polar surface area (TPSA) is 78.9 Å². The Morgan fingerprint density at radius 2 is 0.534 bits per heavy atom. The van der Waals surface area contributed by atoms with Crippen molar-refractivity contribution >= 4 is 17.9 Å². The summed E-state index contributed by atoms with van der Waals surface area (Å²) in [6.45, 7) is 6.51. The van der Waals surface area contributed by atoms with Gasteiger partial charge in [0.25, 0.3) is 0 Å². The van der Waals surface area contributed by atoms with Gasteiger partial charge in [-0.1, -0.05) is 312 Å². The molecule has 1 unspecified atom stereocenters. The molecule has 0 N–H and O–H groups in total. The summed E-state index contributed by atoms with van der Waals surface area (Å²) < 4.78 is 16.9. The first-order chi connectivity index (χ1) is 36.0. The van der Waals surface area contributed by atoms with E-state index in [4.69, 9.17) is 14.2 Å². The molecule has 0 saturated heterocycles. The van der Waals surface area contributed by atoms with Gasteiger partial charge in [-0.15, -0.1) is 0 Å². The maximum atomic E-state index is 12.9. The lowest BCUT2D eigenvalue weighted by atomic mass is 10.0. The summed E-state index contributed by atoms with van der Waals surface area (Å²) in [5, 5.41) is 0. The van der Waals surface area contributed by atoms with Crippen molar-refractivity contribution in [2.24, 2.45) is 0 Å². The van der Waals surface area contributed by atoms with Gasteiger partial charge in [0, 0.05) is 19.3 Å². The molecular formula is C67H118O6. The predicted octanol–water partition coefficient (Wildman–Crippen LogP) is 21.3. The average Bonchev–Trinajstić information content (AvgIpc) is 3.39. The Balaban J connectivity index is 4.44. The van der Waals surface area contributed by atoms with Gasteiger partial charge in [-0.05, 0) is 57.8 Å². The van der Waals surface area contributed by atoms with Gasteiger partial charge in [0.15, 0.2) is 6.10 Å². The molecule has 0 rings (SSSR count). The minimum atomic E-state index is -0.804. The van der Waals surface area contributed by atoms with Crippen molar-refractivity contribution in [3.05, 3.63) is 72.9 Å². The van der Waals surface area contributed by atoms with Crippen LogP contribution in [0, 0.1) is 0 Å². The second-order valence-electron chi connectivity index (χ2n) is 21.0. The number of rotatable bonds is 57. The lowest BCUT2D eigenvalue weighted by Crippen LogP contribution is -2.30. The number of hydrogen-bond donors (Lipinski definition) is 0. The number of esters is 3. The number of unbranched alkanes of at least 4 members (excludes halogenated alkanes) is 34. The molecule has 0 bridgehead atoms. The summed E-state index contributed by atoms with van der Waals surface area (Å²) in [6.07, 6.45) is 79.2. The zero-order valence-electron chi connectivity index (χ0n) is 48.4. The highest BCUT2D eigenvalue weighted by Crippen LogP contribution is 2.17. The molecule has 0 heterocycles. The minimum absolute atomic E-state index is 0.0941. The number of allylic oxidation sites excluding steroid dienone is 12. The molecule has 0 aliphatic heterocycles. The van der Waals surface area contributed by atoms with Crippen LogP contribution in [0.15, 0.2) is 72.9 Å². The van der Waals surface area contributed by atoms with Gasteiger partial charge in [0.1, 0.15) is 13.2 Å². The quantitative estimate of drug-likeness (QED) is 0.0261. The standard InChI is InChI=1S/C67H118O6/c1-4-7-10-13-16-19-22-25-28-31-34-37-39-42-45-48-51-54-57-60-66(69)72-63-64(73-67(70)61-58-55-52-49-46-43-40-36-33-30-27-24-21-18-15-12-9-6-3)62-71-65(68)59-56-53-50-47-44-41-38-35-32-29-26-23-20-17-14-11-8-5-2/h7,10,16,19,25,28,34,37,42,45,51,54,64H,4-6,8-9,11-15,17-18,20-24,26-27,29-33,35-36,38-41,43-44,46-50,52-53,55-63H2,1-3H3/b10-7-,19-16-,28-25-,37-34-,45-42-,54-51-. The summed E-state index contributed by atoms with van der Waals surface area (Å²) in [7, 11) is 0. The van der Waals surface area contributed by atoms with Gasteiger partial charge >= 0.3 is 17.9 Å². The summed E-state index contributed by atoms with van der Waals surface area (Å²) >= 11 is 0. The third-order valence-electron chi connectivity index (χ3n) is 13.7. The van der Waals surface area contributed by atoms with Crippen LogP contribution in [0.4, 0.5) is 0 Å². The maximum Gasteiger partial charge on any atom is 0.306 e. The molecule has 0 aliphatic carbocycles. The molecule has 0 aromatic rings. The molecule has 6 nitrogen and oxygen atoms in total. The summed E-state index contributed by atoms with van der Waals surface area (Å²) in [4.78, 5) is 38.3. The third kappa shape index (κ3) is 59.6. The molecule has 0 fully saturated rings. The molecule has 0 amide bonds. The van der Waals surface area contributed by atoms with E-state index in [9.17, 15) is 14.4 Å². The van der Waals surface area contributed by atoms with Crippen LogP contribution in [-0.2, 0) is 28.6 Å². The van der Waals surface area contributed by atoms with Gasteiger partial charge in [-0.3, -0.25) is 14.4 Å². The summed E-state index contributed by atoms with van der Waals surface area (Å²) in [5.74, 6) is -0.964. The first-order valence-corrected chi connectivity index (χ1v) is 31.4. The van der Waals surface area contributed by atoms with Crippen molar-refractivity contribution in [3.8, 4) is 0 Å². The fourth-order valence-corrected chi connectivity index (χ4v) is 9.06. The van der Waals surface area contributed by atoms with Crippen LogP contribution >= 0.6 is 0 Å². The first kappa shape index (κ1) is 69.8. The van der Waals surface area contributed by atoms with E-state index in [-0.39, 0.29) is 37.5 Å². The number of hydrogen-bond acceptors (Lipinski definition) is 6. The van der Waals surface area contributed by atoms with Gasteiger partial charge in [0.05, 0.1) is 0 Å². The van der Waals surface area contributed by atoms with Crippen LogP contribution in [0.25, 0.3) is 0 Å². The molecule has 73 heavy (non-hydrogen) atoms. The zero-order chi connectivity index (χ0) is 52.9. The molecule has 422 valence electrons. The molecule has 0 saturated carbocycles. The molecule has 0 spiro atoms. The third-order valence-corrected chi connectivity index (χ3v) is 13.7. The van der Waals surface area contributed by atoms with Gasteiger partial charge in [0.2, 0.25) is 0 Å². The van der Waals surface area contributed by atoms with E-state index in [0.29, 0.717) is 19.3 Å². The van der Waals surface area contributed by atoms with E-state index in [1.807, 2.05) is 6.08 Å². The van der Waals surface area contributed by atoms with E-state index in [1.54, 1.807) is 0 Å². The Bertz CT molecular complexity index is 1360. The Morgan fingerprint density at radius 1 is 0.288 bits per heavy atom. The second-order valence-corrected chi connectivity index (χ2v) is 21.0. The van der Waals surface area contributed by atoms with Crippen molar-refractivity contribution in [2.75, 3.05) is 13.2 Å². The lowest BCUT2D eigenvalue weighted by Gasteiger charge is -2.18. The SMILES string of the molecule is CC/C=C\C/C=C\C/C=C\C/C=C\C/C=C\C/C=C\CCC(=O)OCC(COC(=O)CCCCCCCCCCCCCCCCCCCC)OC(=O)CCCCCCCCCCCCCCCCCCCC. The zero-order valence-corrected chi connectivity index (χ0v) is 48.4. The van der Waals surface area contributed by atoms with Gasteiger partial charge in [-0.2, -0.15) is 0 Å². The van der Waals surface area contributed by atoms with E-state index in [2.05, 4.69) is 87.6 Å². The molecule has 0 aliphatic rings. The number of carbonyl (C=O) groups is 3. The predicted molar refractivity (Wildman–Crippen MR) is 316 cm³/mol. The van der Waals surface area contributed by atoms with Gasteiger partial charge in [-0.25, -0.2) is 0 Å². The fraction of sp³-hybridized carbons (Fsp3) is 0.776. The number of carbonyl (C=O) groups excluding carboxylic acids is 3. The van der Waals surface area contributed by atoms with Crippen LogP contribution in [-0.4, -0.2) is 37.2 Å². The Kier molecular flexibility index (Phi) is 58.7. The van der Waals surface area contributed by atoms with Crippen molar-refractivity contribution in [2.45, 2.75) is 322 Å². The molecular weight excluding hydrogens is 901 g/mol. The van der Waals surface area contributed by atoms with Crippen molar-refractivity contribution < 1.29 is 28.6 Å². The van der Waals surface area contributed by atoms with E-state index < -0.39 is 6.10 Å². The van der Waals surface area contributed by atoms with Crippen LogP contribution in [0.5, 0.6) is 0 Å². The van der Waals surface area contributed by atoms with Crippen molar-refractivity contribution in [3.63, 3.8) is 0 Å². The fourth-order valence-electron chi connectivity index (χ4n) is 9.06. The molecule has 1 atom stereocenters. The van der Waals surface area contributed by atoms with Crippen LogP contribution < -0.4 is 0 Å².